The Hall–Kier alpha value is -1.46. The average Bonchev–Trinajstić information content (AvgIpc) is 2.75. The predicted molar refractivity (Wildman–Crippen MR) is 126 cm³/mol. The van der Waals surface area contributed by atoms with Crippen LogP contribution in [0, 0.1) is 0 Å². The minimum absolute atomic E-state index is 0. The van der Waals surface area contributed by atoms with Crippen molar-refractivity contribution in [3.8, 4) is 17.2 Å². The van der Waals surface area contributed by atoms with Crippen LogP contribution in [0.1, 0.15) is 19.4 Å². The number of guanidine groups is 1. The van der Waals surface area contributed by atoms with Gasteiger partial charge in [-0.1, -0.05) is 0 Å². The zero-order chi connectivity index (χ0) is 20.4. The number of benzene rings is 1. The van der Waals surface area contributed by atoms with Crippen molar-refractivity contribution in [2.24, 2.45) is 4.99 Å². The second-order valence-corrected chi connectivity index (χ2v) is 6.59. The monoisotopic (exact) mass is 522 g/mol. The summed E-state index contributed by atoms with van der Waals surface area (Å²) in [6, 6.07) is 4.13. The molecule has 1 aromatic rings. The maximum Gasteiger partial charge on any atom is 0.191 e. The maximum atomic E-state index is 5.49. The van der Waals surface area contributed by atoms with Gasteiger partial charge in [-0.2, -0.15) is 0 Å². The van der Waals surface area contributed by atoms with E-state index in [1.165, 1.54) is 0 Å². The molecule has 29 heavy (non-hydrogen) atoms. The molecule has 0 aliphatic carbocycles. The summed E-state index contributed by atoms with van der Waals surface area (Å²) >= 11 is 0. The first-order valence-electron chi connectivity index (χ1n) is 9.75. The first kappa shape index (κ1) is 25.6. The van der Waals surface area contributed by atoms with E-state index in [0.717, 1.165) is 56.7 Å². The van der Waals surface area contributed by atoms with Crippen LogP contribution in [0.2, 0.25) is 0 Å². The number of nitrogens with zero attached hydrogens (tertiary/aromatic N) is 2. The van der Waals surface area contributed by atoms with Crippen molar-refractivity contribution in [1.82, 2.24) is 15.5 Å². The van der Waals surface area contributed by atoms with Crippen molar-refractivity contribution < 1.29 is 18.9 Å². The third-order valence-corrected chi connectivity index (χ3v) is 4.77. The van der Waals surface area contributed by atoms with E-state index in [-0.39, 0.29) is 24.0 Å². The molecule has 8 nitrogen and oxygen atoms in total. The van der Waals surface area contributed by atoms with Gasteiger partial charge in [0.2, 0.25) is 0 Å². The predicted octanol–water partition coefficient (Wildman–Crippen LogP) is 2.11. The fourth-order valence-corrected chi connectivity index (χ4v) is 3.11. The van der Waals surface area contributed by atoms with Crippen molar-refractivity contribution in [3.63, 3.8) is 0 Å². The molecule has 1 fully saturated rings. The lowest BCUT2D eigenvalue weighted by Gasteiger charge is -2.32. The molecule has 2 N–H and O–H groups in total. The molecular weight excluding hydrogens is 487 g/mol. The third-order valence-electron chi connectivity index (χ3n) is 4.77. The van der Waals surface area contributed by atoms with E-state index in [9.17, 15) is 0 Å². The zero-order valence-corrected chi connectivity index (χ0v) is 20.4. The molecule has 1 aliphatic rings. The van der Waals surface area contributed by atoms with Gasteiger partial charge >= 0.3 is 0 Å². The molecule has 0 bridgehead atoms. The molecule has 1 saturated heterocycles. The van der Waals surface area contributed by atoms with Crippen LogP contribution in [0.25, 0.3) is 0 Å². The maximum absolute atomic E-state index is 5.49. The van der Waals surface area contributed by atoms with Crippen molar-refractivity contribution in [1.29, 1.82) is 0 Å². The molecule has 0 aromatic heterocycles. The third kappa shape index (κ3) is 7.71. The van der Waals surface area contributed by atoms with Crippen LogP contribution in [0.3, 0.4) is 0 Å². The van der Waals surface area contributed by atoms with Gasteiger partial charge in [0.05, 0.1) is 41.1 Å². The minimum Gasteiger partial charge on any atom is -0.496 e. The molecule has 1 aliphatic heterocycles. The van der Waals surface area contributed by atoms with Crippen LogP contribution >= 0.6 is 24.0 Å². The quantitative estimate of drug-likeness (QED) is 0.292. The number of ether oxygens (including phenoxy) is 4. The number of hydrogen-bond acceptors (Lipinski definition) is 6. The van der Waals surface area contributed by atoms with Crippen LogP contribution < -0.4 is 24.8 Å². The van der Waals surface area contributed by atoms with Gasteiger partial charge in [-0.05, 0) is 19.9 Å². The van der Waals surface area contributed by atoms with E-state index < -0.39 is 0 Å². The molecule has 9 heteroatoms. The summed E-state index contributed by atoms with van der Waals surface area (Å²) < 4.78 is 21.7. The fourth-order valence-electron chi connectivity index (χ4n) is 3.11. The Morgan fingerprint density at radius 1 is 1.07 bits per heavy atom. The molecule has 0 amide bonds. The smallest absolute Gasteiger partial charge is 0.191 e. The summed E-state index contributed by atoms with van der Waals surface area (Å²) in [5, 5.41) is 6.73. The van der Waals surface area contributed by atoms with Gasteiger partial charge in [-0.25, -0.2) is 4.99 Å². The van der Waals surface area contributed by atoms with Crippen LogP contribution in [-0.4, -0.2) is 77.6 Å². The van der Waals surface area contributed by atoms with Gasteiger partial charge in [-0.3, -0.25) is 4.90 Å². The number of methoxy groups -OCH3 is 3. The lowest BCUT2D eigenvalue weighted by Crippen LogP contribution is -2.49. The van der Waals surface area contributed by atoms with Gasteiger partial charge in [0.15, 0.2) is 17.5 Å². The van der Waals surface area contributed by atoms with E-state index in [1.54, 1.807) is 21.3 Å². The van der Waals surface area contributed by atoms with Gasteiger partial charge in [0.1, 0.15) is 5.75 Å². The topological polar surface area (TPSA) is 76.6 Å². The normalized spacial score (nSPS) is 15.8. The van der Waals surface area contributed by atoms with Crippen LogP contribution in [0.5, 0.6) is 17.2 Å². The lowest BCUT2D eigenvalue weighted by atomic mass is 10.1. The number of hydrogen-bond donors (Lipinski definition) is 2. The number of rotatable bonds is 9. The van der Waals surface area contributed by atoms with Crippen molar-refractivity contribution in [2.45, 2.75) is 26.4 Å². The Bertz CT molecular complexity index is 639. The summed E-state index contributed by atoms with van der Waals surface area (Å²) in [5.41, 5.74) is 0.929. The molecular formula is C20H35IN4O4. The summed E-state index contributed by atoms with van der Waals surface area (Å²) in [7, 11) is 4.87. The number of halogens is 1. The van der Waals surface area contributed by atoms with E-state index in [0.29, 0.717) is 24.1 Å². The Kier molecular flexibility index (Phi) is 12.1. The highest BCUT2D eigenvalue weighted by molar-refractivity contribution is 14.0. The molecule has 2 rings (SSSR count). The first-order valence-corrected chi connectivity index (χ1v) is 9.75. The molecule has 1 aromatic carbocycles. The number of morpholine rings is 1. The zero-order valence-electron chi connectivity index (χ0n) is 18.1. The minimum atomic E-state index is 0. The summed E-state index contributed by atoms with van der Waals surface area (Å²) in [6.07, 6.45) is 0. The van der Waals surface area contributed by atoms with E-state index in [1.807, 2.05) is 12.1 Å². The molecule has 0 saturated carbocycles. The SMILES string of the molecule is CCNC(=NCc1cc(OC)c(OC)cc1OC)NCC(C)N1CCOCC1.I. The highest BCUT2D eigenvalue weighted by atomic mass is 127. The summed E-state index contributed by atoms with van der Waals surface area (Å²) in [5.74, 6) is 2.79. The largest absolute Gasteiger partial charge is 0.496 e. The summed E-state index contributed by atoms with van der Waals surface area (Å²) in [4.78, 5) is 7.14. The van der Waals surface area contributed by atoms with Crippen LogP contribution in [0.4, 0.5) is 0 Å². The standard InChI is InChI=1S/C20H34N4O4.HI/c1-6-21-20(22-13-15(2)24-7-9-28-10-8-24)23-14-16-11-18(26-4)19(27-5)12-17(16)25-3;/h11-12,15H,6-10,13-14H2,1-5H3,(H2,21,22,23);1H. The Labute approximate surface area is 191 Å². The Morgan fingerprint density at radius 3 is 2.28 bits per heavy atom. The van der Waals surface area contributed by atoms with Crippen LogP contribution in [0.15, 0.2) is 17.1 Å². The van der Waals surface area contributed by atoms with Crippen molar-refractivity contribution >= 4 is 29.9 Å². The molecule has 166 valence electrons. The second-order valence-electron chi connectivity index (χ2n) is 6.59. The van der Waals surface area contributed by atoms with Crippen molar-refractivity contribution in [3.05, 3.63) is 17.7 Å². The molecule has 1 atom stereocenters. The molecule has 0 spiro atoms. The second kappa shape index (κ2) is 13.7. The Morgan fingerprint density at radius 2 is 1.69 bits per heavy atom. The molecule has 1 unspecified atom stereocenters. The Balaban J connectivity index is 0.00000420. The fraction of sp³-hybridized carbons (Fsp3) is 0.650. The summed E-state index contributed by atoms with van der Waals surface area (Å²) in [6.45, 7) is 9.90. The van der Waals surface area contributed by atoms with Crippen molar-refractivity contribution in [2.75, 3.05) is 60.7 Å². The average molecular weight is 522 g/mol. The van der Waals surface area contributed by atoms with E-state index >= 15 is 0 Å². The van der Waals surface area contributed by atoms with Gasteiger partial charge in [-0.15, -0.1) is 24.0 Å². The van der Waals surface area contributed by atoms with Crippen LogP contribution in [-0.2, 0) is 11.3 Å². The highest BCUT2D eigenvalue weighted by Gasteiger charge is 2.17. The van der Waals surface area contributed by atoms with Gasteiger partial charge < -0.3 is 29.6 Å². The molecule has 1 heterocycles. The number of nitrogens with one attached hydrogen (secondary N) is 2. The van der Waals surface area contributed by atoms with Gasteiger partial charge in [0, 0.05) is 43.9 Å². The lowest BCUT2D eigenvalue weighted by molar-refractivity contribution is 0.0211. The van der Waals surface area contributed by atoms with E-state index in [4.69, 9.17) is 23.9 Å². The number of aliphatic imine (C=N–C) groups is 1. The molecule has 0 radical (unpaired) electrons. The highest BCUT2D eigenvalue weighted by Crippen LogP contribution is 2.34. The van der Waals surface area contributed by atoms with Gasteiger partial charge in [0.25, 0.3) is 0 Å². The first-order chi connectivity index (χ1) is 13.6. The van der Waals surface area contributed by atoms with E-state index in [2.05, 4.69) is 29.4 Å².